The summed E-state index contributed by atoms with van der Waals surface area (Å²) in [6.07, 6.45) is 3.46. The molecule has 0 saturated carbocycles. The van der Waals surface area contributed by atoms with Gasteiger partial charge in [-0.15, -0.1) is 0 Å². The summed E-state index contributed by atoms with van der Waals surface area (Å²) in [7, 11) is 1.77. The summed E-state index contributed by atoms with van der Waals surface area (Å²) < 4.78 is 15.2. The second kappa shape index (κ2) is 6.89. The van der Waals surface area contributed by atoms with Gasteiger partial charge in [-0.3, -0.25) is 9.36 Å². The van der Waals surface area contributed by atoms with Gasteiger partial charge in [0.05, 0.1) is 16.6 Å². The van der Waals surface area contributed by atoms with Crippen LogP contribution in [-0.4, -0.2) is 35.2 Å². The number of anilines is 1. The van der Waals surface area contributed by atoms with Crippen molar-refractivity contribution in [2.24, 2.45) is 7.05 Å². The zero-order valence-corrected chi connectivity index (χ0v) is 16.9. The van der Waals surface area contributed by atoms with Crippen molar-refractivity contribution in [2.75, 3.05) is 17.2 Å². The van der Waals surface area contributed by atoms with E-state index in [1.54, 1.807) is 23.9 Å². The number of fused-ring (bicyclic) bond motifs is 3. The molecule has 1 aliphatic rings. The number of nitrogens with two attached hydrogens (primary N) is 1. The number of nitrogen functional groups attached to an aromatic ring is 1. The van der Waals surface area contributed by atoms with Gasteiger partial charge in [-0.1, -0.05) is 17.2 Å². The molecule has 0 radical (unpaired) electrons. The van der Waals surface area contributed by atoms with E-state index in [0.717, 1.165) is 40.8 Å². The maximum Gasteiger partial charge on any atom is 0.261 e. The van der Waals surface area contributed by atoms with Gasteiger partial charge in [0.2, 0.25) is 0 Å². The van der Waals surface area contributed by atoms with Gasteiger partial charge in [0.1, 0.15) is 23.0 Å². The molecule has 4 aromatic rings. The maximum absolute atomic E-state index is 12.9. The van der Waals surface area contributed by atoms with Crippen molar-refractivity contribution < 1.29 is 4.55 Å². The fourth-order valence-corrected chi connectivity index (χ4v) is 5.32. The van der Waals surface area contributed by atoms with Crippen LogP contribution >= 0.6 is 0 Å². The lowest BCUT2D eigenvalue weighted by Gasteiger charge is -2.22. The zero-order chi connectivity index (χ0) is 20.1. The molecule has 29 heavy (non-hydrogen) atoms. The van der Waals surface area contributed by atoms with Gasteiger partial charge < -0.3 is 10.3 Å². The van der Waals surface area contributed by atoms with Crippen LogP contribution < -0.4 is 11.3 Å². The first kappa shape index (κ1) is 18.2. The van der Waals surface area contributed by atoms with Crippen LogP contribution in [0.4, 0.5) is 5.82 Å². The molecule has 1 aromatic carbocycles. The Bertz CT molecular complexity index is 1270. The molecular weight excluding hydrogens is 386 g/mol. The normalized spacial score (nSPS) is 19.8. The molecule has 0 unspecified atom stereocenters. The highest BCUT2D eigenvalue weighted by Crippen LogP contribution is 2.30. The molecule has 0 spiro atoms. The van der Waals surface area contributed by atoms with Gasteiger partial charge in [0.15, 0.2) is 0 Å². The first-order valence-electron chi connectivity index (χ1n) is 9.60. The average Bonchev–Trinajstić information content (AvgIpc) is 3.18. The van der Waals surface area contributed by atoms with Gasteiger partial charge in [0, 0.05) is 43.6 Å². The zero-order valence-electron chi connectivity index (χ0n) is 16.0. The van der Waals surface area contributed by atoms with E-state index in [1.807, 2.05) is 34.8 Å². The molecule has 2 N–H and O–H groups in total. The molecule has 1 saturated heterocycles. The van der Waals surface area contributed by atoms with Crippen molar-refractivity contribution in [3.63, 3.8) is 0 Å². The molecule has 0 atom stereocenters. The Kier molecular flexibility index (Phi) is 4.33. The summed E-state index contributed by atoms with van der Waals surface area (Å²) in [6.45, 7) is 0. The van der Waals surface area contributed by atoms with Gasteiger partial charge >= 0.3 is 0 Å². The quantitative estimate of drug-likeness (QED) is 0.514. The number of aromatic nitrogens is 4. The summed E-state index contributed by atoms with van der Waals surface area (Å²) in [5.41, 5.74) is 10.0. The van der Waals surface area contributed by atoms with Crippen molar-refractivity contribution in [2.45, 2.75) is 18.8 Å². The lowest BCUT2D eigenvalue weighted by molar-refractivity contribution is 0.542. The van der Waals surface area contributed by atoms with Gasteiger partial charge in [0.25, 0.3) is 5.56 Å². The molecule has 148 valence electrons. The van der Waals surface area contributed by atoms with E-state index in [0.29, 0.717) is 22.7 Å². The van der Waals surface area contributed by atoms with Crippen LogP contribution in [0.2, 0.25) is 0 Å². The van der Waals surface area contributed by atoms with E-state index in [2.05, 4.69) is 4.98 Å². The van der Waals surface area contributed by atoms with E-state index >= 15 is 0 Å². The van der Waals surface area contributed by atoms with Crippen molar-refractivity contribution in [3.8, 4) is 11.1 Å². The van der Waals surface area contributed by atoms with E-state index < -0.39 is 11.2 Å². The Morgan fingerprint density at radius 2 is 1.90 bits per heavy atom. The number of hydrogen-bond acceptors (Lipinski definition) is 5. The molecule has 5 rings (SSSR count). The fraction of sp³-hybridized carbons (Fsp3) is 0.286. The Labute approximate surface area is 170 Å². The second-order valence-electron chi connectivity index (χ2n) is 7.53. The molecule has 1 aliphatic heterocycles. The molecule has 8 heteroatoms. The minimum atomic E-state index is -0.713. The van der Waals surface area contributed by atoms with Gasteiger partial charge in [-0.2, -0.15) is 5.10 Å². The van der Waals surface area contributed by atoms with Crippen LogP contribution in [0.15, 0.2) is 47.4 Å². The highest BCUT2D eigenvalue weighted by molar-refractivity contribution is 7.91. The standard InChI is InChI=1S/C21H21N5O2S/c1-25-20-11-17(13-6-8-29(28)9-7-13)24-26(20)18-10-14(2-4-16(18)21(25)27)15-3-5-19(22)23-12-15/h2-5,10-13H,6-9H2,1H3,(H2,22,23). The van der Waals surface area contributed by atoms with Crippen LogP contribution in [0.1, 0.15) is 24.5 Å². The van der Waals surface area contributed by atoms with Crippen LogP contribution in [0.3, 0.4) is 0 Å². The molecule has 0 amide bonds. The van der Waals surface area contributed by atoms with E-state index in [9.17, 15) is 9.35 Å². The van der Waals surface area contributed by atoms with E-state index in [-0.39, 0.29) is 11.5 Å². The molecular formula is C21H21N5O2S. The van der Waals surface area contributed by atoms with Crippen molar-refractivity contribution >= 4 is 33.5 Å². The van der Waals surface area contributed by atoms with Gasteiger partial charge in [-0.25, -0.2) is 9.50 Å². The lowest BCUT2D eigenvalue weighted by Crippen LogP contribution is -2.22. The minimum absolute atomic E-state index is 0.0503. The predicted octanol–water partition coefficient (Wildman–Crippen LogP) is 2.46. The Morgan fingerprint density at radius 3 is 2.62 bits per heavy atom. The highest BCUT2D eigenvalue weighted by Gasteiger charge is 2.26. The van der Waals surface area contributed by atoms with Crippen LogP contribution in [0, 0.1) is 0 Å². The first-order valence-corrected chi connectivity index (χ1v) is 11.1. The molecule has 4 heterocycles. The van der Waals surface area contributed by atoms with E-state index in [4.69, 9.17) is 10.8 Å². The van der Waals surface area contributed by atoms with Gasteiger partial charge in [-0.05, 0) is 29.8 Å². The highest BCUT2D eigenvalue weighted by atomic mass is 32.2. The van der Waals surface area contributed by atoms with Crippen molar-refractivity contribution in [3.05, 3.63) is 58.6 Å². The lowest BCUT2D eigenvalue weighted by atomic mass is 9.99. The number of benzene rings is 1. The Morgan fingerprint density at radius 1 is 1.14 bits per heavy atom. The summed E-state index contributed by atoms with van der Waals surface area (Å²) in [4.78, 5) is 17.1. The predicted molar refractivity (Wildman–Crippen MR) is 115 cm³/mol. The molecule has 0 bridgehead atoms. The third-order valence-electron chi connectivity index (χ3n) is 5.74. The largest absolute Gasteiger partial charge is 0.616 e. The number of hydrogen-bond donors (Lipinski definition) is 1. The van der Waals surface area contributed by atoms with Crippen LogP contribution in [0.25, 0.3) is 27.7 Å². The number of pyridine rings is 1. The third kappa shape index (κ3) is 3.08. The summed E-state index contributed by atoms with van der Waals surface area (Å²) in [5, 5.41) is 5.48. The summed E-state index contributed by atoms with van der Waals surface area (Å²) in [5.74, 6) is 2.18. The number of aryl methyl sites for hydroxylation is 1. The Balaban J connectivity index is 1.69. The monoisotopic (exact) mass is 407 g/mol. The van der Waals surface area contributed by atoms with E-state index in [1.165, 1.54) is 0 Å². The third-order valence-corrected chi connectivity index (χ3v) is 7.12. The molecule has 7 nitrogen and oxygen atoms in total. The molecule has 3 aromatic heterocycles. The second-order valence-corrected chi connectivity index (χ2v) is 9.23. The summed E-state index contributed by atoms with van der Waals surface area (Å²) >= 11 is -0.713. The maximum atomic E-state index is 12.9. The smallest absolute Gasteiger partial charge is 0.261 e. The topological polar surface area (TPSA) is 101 Å². The number of rotatable bonds is 2. The minimum Gasteiger partial charge on any atom is -0.616 e. The average molecular weight is 407 g/mol. The summed E-state index contributed by atoms with van der Waals surface area (Å²) in [6, 6.07) is 11.4. The van der Waals surface area contributed by atoms with Crippen LogP contribution in [-0.2, 0) is 18.2 Å². The first-order chi connectivity index (χ1) is 14.0. The SMILES string of the molecule is Cn1c(=O)c2ccc(-c3ccc(N)nc3)cc2n2nc(C3CC[S+]([O-])CC3)cc12. The molecule has 1 fully saturated rings. The molecule has 0 aliphatic carbocycles. The Hall–Kier alpha value is -2.84. The van der Waals surface area contributed by atoms with Crippen LogP contribution in [0.5, 0.6) is 0 Å². The van der Waals surface area contributed by atoms with Crippen molar-refractivity contribution in [1.82, 2.24) is 19.2 Å². The fourth-order valence-electron chi connectivity index (χ4n) is 4.02. The number of nitrogens with zero attached hydrogens (tertiary/aromatic N) is 4. The van der Waals surface area contributed by atoms with Crippen molar-refractivity contribution in [1.29, 1.82) is 0 Å².